The van der Waals surface area contributed by atoms with Gasteiger partial charge in [0, 0.05) is 36.7 Å². The van der Waals surface area contributed by atoms with Crippen molar-refractivity contribution in [2.24, 2.45) is 5.92 Å². The number of carbonyl (C=O) groups excluding carboxylic acids is 3. The highest BCUT2D eigenvalue weighted by Crippen LogP contribution is 2.22. The largest absolute Gasteiger partial charge is 0.461 e. The minimum atomic E-state index is -0.929. The Morgan fingerprint density at radius 2 is 1.47 bits per heavy atom. The summed E-state index contributed by atoms with van der Waals surface area (Å²) < 4.78 is 11.0. The number of rotatable bonds is 14. The van der Waals surface area contributed by atoms with Crippen LogP contribution in [-0.4, -0.2) is 47.0 Å². The normalized spacial score (nSPS) is 11.5. The summed E-state index contributed by atoms with van der Waals surface area (Å²) in [6.45, 7) is 4.82. The van der Waals surface area contributed by atoms with E-state index < -0.39 is 24.0 Å². The first-order valence-corrected chi connectivity index (χ1v) is 15.2. The van der Waals surface area contributed by atoms with Gasteiger partial charge >= 0.3 is 18.0 Å². The molecule has 4 rings (SSSR count). The van der Waals surface area contributed by atoms with Gasteiger partial charge in [0.2, 0.25) is 0 Å². The van der Waals surface area contributed by atoms with Gasteiger partial charge < -0.3 is 19.7 Å². The van der Waals surface area contributed by atoms with Crippen molar-refractivity contribution in [3.8, 4) is 10.6 Å². The molecule has 0 aliphatic heterocycles. The van der Waals surface area contributed by atoms with Crippen LogP contribution in [0.15, 0.2) is 96.5 Å². The van der Waals surface area contributed by atoms with Crippen LogP contribution in [0.1, 0.15) is 37.0 Å². The Morgan fingerprint density at radius 3 is 2.05 bits per heavy atom. The van der Waals surface area contributed by atoms with Crippen molar-refractivity contribution >= 4 is 29.3 Å². The summed E-state index contributed by atoms with van der Waals surface area (Å²) in [5.74, 6) is -0.787. The van der Waals surface area contributed by atoms with Crippen LogP contribution in [0.2, 0.25) is 0 Å². The zero-order chi connectivity index (χ0) is 30.4. The van der Waals surface area contributed by atoms with Gasteiger partial charge in [-0.15, -0.1) is 11.3 Å². The zero-order valence-electron chi connectivity index (χ0n) is 24.5. The van der Waals surface area contributed by atoms with E-state index in [1.54, 1.807) is 22.4 Å². The molecule has 0 fully saturated rings. The smallest absolute Gasteiger partial charge is 0.329 e. The fourth-order valence-electron chi connectivity index (χ4n) is 4.40. The quantitative estimate of drug-likeness (QED) is 0.172. The zero-order valence-corrected chi connectivity index (χ0v) is 25.3. The molecule has 0 radical (unpaired) electrons. The van der Waals surface area contributed by atoms with Gasteiger partial charge in [-0.3, -0.25) is 4.79 Å². The Hall–Kier alpha value is -4.50. The molecule has 43 heavy (non-hydrogen) atoms. The van der Waals surface area contributed by atoms with Crippen LogP contribution in [-0.2, 0) is 38.7 Å². The topological polar surface area (TPSA) is 97.8 Å². The third-order valence-electron chi connectivity index (χ3n) is 6.58. The highest BCUT2D eigenvalue weighted by molar-refractivity contribution is 7.13. The first-order valence-electron chi connectivity index (χ1n) is 14.3. The molecule has 0 saturated heterocycles. The number of esters is 2. The molecule has 0 unspecified atom stereocenters. The van der Waals surface area contributed by atoms with E-state index in [0.29, 0.717) is 6.54 Å². The lowest BCUT2D eigenvalue weighted by Crippen LogP contribution is -2.50. The average molecular weight is 600 g/mol. The number of urea groups is 1. The van der Waals surface area contributed by atoms with Crippen LogP contribution in [0.3, 0.4) is 0 Å². The van der Waals surface area contributed by atoms with Gasteiger partial charge in [0.25, 0.3) is 0 Å². The maximum atomic E-state index is 13.5. The van der Waals surface area contributed by atoms with Gasteiger partial charge in [-0.2, -0.15) is 0 Å². The van der Waals surface area contributed by atoms with E-state index in [0.717, 1.165) is 27.3 Å². The van der Waals surface area contributed by atoms with Crippen LogP contribution < -0.4 is 5.32 Å². The number of carbonyl (C=O) groups is 3. The molecule has 224 valence electrons. The fourth-order valence-corrected chi connectivity index (χ4v) is 5.05. The molecule has 1 atom stereocenters. The number of aromatic nitrogens is 1. The summed E-state index contributed by atoms with van der Waals surface area (Å²) in [5, 5.41) is 5.71. The van der Waals surface area contributed by atoms with Crippen molar-refractivity contribution in [1.82, 2.24) is 15.2 Å². The number of amides is 2. The molecule has 9 heteroatoms. The molecule has 0 spiro atoms. The van der Waals surface area contributed by atoms with E-state index in [-0.39, 0.29) is 38.5 Å². The summed E-state index contributed by atoms with van der Waals surface area (Å²) in [6, 6.07) is 25.2. The summed E-state index contributed by atoms with van der Waals surface area (Å²) in [7, 11) is 0. The molecule has 0 bridgehead atoms. The molecule has 0 aliphatic rings. The Kier molecular flexibility index (Phi) is 11.9. The Balaban J connectivity index is 1.42. The second-order valence-corrected chi connectivity index (χ2v) is 11.5. The lowest BCUT2D eigenvalue weighted by Gasteiger charge is -2.27. The lowest BCUT2D eigenvalue weighted by atomic mass is 10.0. The fraction of sp³-hybridized carbons (Fsp3) is 0.294. The monoisotopic (exact) mass is 599 g/mol. The third kappa shape index (κ3) is 10.4. The van der Waals surface area contributed by atoms with Crippen LogP contribution >= 0.6 is 11.3 Å². The summed E-state index contributed by atoms with van der Waals surface area (Å²) in [4.78, 5) is 45.2. The highest BCUT2D eigenvalue weighted by atomic mass is 32.1. The van der Waals surface area contributed by atoms with Gasteiger partial charge in [0.1, 0.15) is 24.3 Å². The summed E-state index contributed by atoms with van der Waals surface area (Å²) >= 11 is 1.55. The number of hydrogen-bond acceptors (Lipinski definition) is 7. The molecule has 3 aromatic carbocycles. The highest BCUT2D eigenvalue weighted by Gasteiger charge is 2.26. The van der Waals surface area contributed by atoms with E-state index in [1.807, 2.05) is 104 Å². The van der Waals surface area contributed by atoms with Crippen molar-refractivity contribution in [3.05, 3.63) is 113 Å². The predicted molar refractivity (Wildman–Crippen MR) is 167 cm³/mol. The van der Waals surface area contributed by atoms with Crippen molar-refractivity contribution in [1.29, 1.82) is 0 Å². The number of ether oxygens (including phenoxy) is 2. The van der Waals surface area contributed by atoms with Gasteiger partial charge in [0.05, 0.1) is 6.42 Å². The van der Waals surface area contributed by atoms with Crippen LogP contribution in [0.4, 0.5) is 4.79 Å². The van der Waals surface area contributed by atoms with E-state index in [2.05, 4.69) is 10.3 Å². The minimum absolute atomic E-state index is 0.0360. The van der Waals surface area contributed by atoms with Gasteiger partial charge in [0.15, 0.2) is 0 Å². The summed E-state index contributed by atoms with van der Waals surface area (Å²) in [5.41, 5.74) is 3.59. The molecule has 0 aliphatic carbocycles. The molecule has 8 nitrogen and oxygen atoms in total. The molecular formula is C34H37N3O5S. The lowest BCUT2D eigenvalue weighted by molar-refractivity contribution is -0.147. The standard InChI is InChI=1S/C34H37N3O5S/c1-25(2)22-37(19-17-31(38)41-23-27-9-5-3-6-10-27)34(40)36-30(33(39)42-24-28-11-7-4-8-12-28)21-26-13-15-29(16-14-26)32-35-18-20-43-32/h3-16,18,20,25,30H,17,19,21-24H2,1-2H3,(H,36,40)/t30-/m0/s1. The van der Waals surface area contributed by atoms with E-state index in [9.17, 15) is 14.4 Å². The predicted octanol–water partition coefficient (Wildman–Crippen LogP) is 6.27. The van der Waals surface area contributed by atoms with Crippen molar-refractivity contribution in [3.63, 3.8) is 0 Å². The molecular weight excluding hydrogens is 562 g/mol. The summed E-state index contributed by atoms with van der Waals surface area (Å²) in [6.07, 6.45) is 2.04. The van der Waals surface area contributed by atoms with Gasteiger partial charge in [-0.1, -0.05) is 98.8 Å². The maximum absolute atomic E-state index is 13.5. The molecule has 1 N–H and O–H groups in total. The van der Waals surface area contributed by atoms with E-state index >= 15 is 0 Å². The SMILES string of the molecule is CC(C)CN(CCC(=O)OCc1ccccc1)C(=O)N[C@@H](Cc1ccc(-c2nccs2)cc1)C(=O)OCc1ccccc1. The number of hydrogen-bond donors (Lipinski definition) is 1. The Morgan fingerprint density at radius 1 is 0.837 bits per heavy atom. The van der Waals surface area contributed by atoms with Crippen LogP contribution in [0.25, 0.3) is 10.6 Å². The van der Waals surface area contributed by atoms with Crippen LogP contribution in [0, 0.1) is 5.92 Å². The first-order chi connectivity index (χ1) is 20.9. The van der Waals surface area contributed by atoms with Crippen molar-refractivity contribution < 1.29 is 23.9 Å². The average Bonchev–Trinajstić information content (AvgIpc) is 3.57. The molecule has 0 saturated carbocycles. The van der Waals surface area contributed by atoms with Crippen LogP contribution in [0.5, 0.6) is 0 Å². The third-order valence-corrected chi connectivity index (χ3v) is 7.40. The number of nitrogens with zero attached hydrogens (tertiary/aromatic N) is 2. The molecule has 1 heterocycles. The number of benzene rings is 3. The Labute approximate surface area is 256 Å². The van der Waals surface area contributed by atoms with E-state index in [1.165, 1.54) is 0 Å². The van der Waals surface area contributed by atoms with Gasteiger partial charge in [-0.25, -0.2) is 14.6 Å². The minimum Gasteiger partial charge on any atom is -0.461 e. The van der Waals surface area contributed by atoms with Crippen molar-refractivity contribution in [2.75, 3.05) is 13.1 Å². The van der Waals surface area contributed by atoms with Crippen molar-refractivity contribution in [2.45, 2.75) is 45.9 Å². The molecule has 1 aromatic heterocycles. The Bertz CT molecular complexity index is 1430. The maximum Gasteiger partial charge on any atom is 0.329 e. The van der Waals surface area contributed by atoms with Gasteiger partial charge in [-0.05, 0) is 22.6 Å². The number of thiazole rings is 1. The first kappa shape index (κ1) is 31.4. The number of nitrogens with one attached hydrogen (secondary N) is 1. The second kappa shape index (κ2) is 16.2. The molecule has 2 amide bonds. The molecule has 4 aromatic rings. The second-order valence-electron chi connectivity index (χ2n) is 10.6. The van der Waals surface area contributed by atoms with E-state index in [4.69, 9.17) is 9.47 Å².